The van der Waals surface area contributed by atoms with Crippen molar-refractivity contribution in [1.82, 2.24) is 9.47 Å². The fourth-order valence-electron chi connectivity index (χ4n) is 2.19. The summed E-state index contributed by atoms with van der Waals surface area (Å²) in [6, 6.07) is 3.16. The average molecular weight is 313 g/mol. The lowest BCUT2D eigenvalue weighted by molar-refractivity contribution is -0.131. The molecule has 0 spiro atoms. The van der Waals surface area contributed by atoms with Crippen LogP contribution in [0.1, 0.15) is 25.7 Å². The maximum Gasteiger partial charge on any atom is 0.251 e. The quantitative estimate of drug-likeness (QED) is 0.838. The number of rotatable bonds is 2. The molecule has 0 bridgehead atoms. The fraction of sp³-hybridized carbons (Fsp3) is 0.538. The van der Waals surface area contributed by atoms with E-state index in [1.165, 1.54) is 23.5 Å². The van der Waals surface area contributed by atoms with Gasteiger partial charge in [-0.05, 0) is 34.8 Å². The Kier molecular flexibility index (Phi) is 4.58. The largest absolute Gasteiger partial charge is 0.341 e. The first-order valence-electron chi connectivity index (χ1n) is 6.30. The molecule has 5 heteroatoms. The van der Waals surface area contributed by atoms with Gasteiger partial charge in [-0.15, -0.1) is 0 Å². The summed E-state index contributed by atoms with van der Waals surface area (Å²) in [6.45, 7) is 1.78. The molecular weight excluding hydrogens is 296 g/mol. The molecule has 0 radical (unpaired) electrons. The summed E-state index contributed by atoms with van der Waals surface area (Å²) >= 11 is 3.31. The Balaban J connectivity index is 2.05. The van der Waals surface area contributed by atoms with Crippen LogP contribution in [0.5, 0.6) is 0 Å². The van der Waals surface area contributed by atoms with Crippen LogP contribution < -0.4 is 5.56 Å². The Morgan fingerprint density at radius 1 is 1.17 bits per heavy atom. The van der Waals surface area contributed by atoms with Crippen molar-refractivity contribution in [2.45, 2.75) is 32.2 Å². The van der Waals surface area contributed by atoms with E-state index < -0.39 is 0 Å². The summed E-state index contributed by atoms with van der Waals surface area (Å²) in [4.78, 5) is 25.6. The molecule has 1 aromatic rings. The predicted octanol–water partition coefficient (Wildman–Crippen LogP) is 2.01. The Morgan fingerprint density at radius 2 is 1.83 bits per heavy atom. The number of carbonyl (C=O) groups is 1. The zero-order valence-corrected chi connectivity index (χ0v) is 11.9. The van der Waals surface area contributed by atoms with Crippen molar-refractivity contribution >= 4 is 21.8 Å². The highest BCUT2D eigenvalue weighted by Gasteiger charge is 2.16. The third-order valence-corrected chi connectivity index (χ3v) is 3.68. The molecule has 0 atom stereocenters. The van der Waals surface area contributed by atoms with Crippen molar-refractivity contribution < 1.29 is 4.79 Å². The van der Waals surface area contributed by atoms with Crippen LogP contribution in [0.2, 0.25) is 0 Å². The monoisotopic (exact) mass is 312 g/mol. The van der Waals surface area contributed by atoms with E-state index in [0.29, 0.717) is 0 Å². The van der Waals surface area contributed by atoms with E-state index in [9.17, 15) is 9.59 Å². The van der Waals surface area contributed by atoms with Gasteiger partial charge in [0.05, 0.1) is 0 Å². The third-order valence-electron chi connectivity index (χ3n) is 3.21. The molecule has 1 fully saturated rings. The van der Waals surface area contributed by atoms with Crippen LogP contribution >= 0.6 is 15.9 Å². The SMILES string of the molecule is O=C(Cn1cc(Br)ccc1=O)N1CCCCCC1. The van der Waals surface area contributed by atoms with Gasteiger partial charge in [0.1, 0.15) is 6.54 Å². The van der Waals surface area contributed by atoms with Crippen molar-refractivity contribution in [1.29, 1.82) is 0 Å². The standard InChI is InChI=1S/C13H17BrN2O2/c14-11-5-6-12(17)16(9-11)10-13(18)15-7-3-1-2-4-8-15/h5-6,9H,1-4,7-8,10H2. The van der Waals surface area contributed by atoms with E-state index in [-0.39, 0.29) is 18.0 Å². The van der Waals surface area contributed by atoms with Crippen LogP contribution in [0.25, 0.3) is 0 Å². The minimum Gasteiger partial charge on any atom is -0.341 e. The second kappa shape index (κ2) is 6.18. The Labute approximate surface area is 115 Å². The molecule has 4 nitrogen and oxygen atoms in total. The molecule has 0 saturated carbocycles. The lowest BCUT2D eigenvalue weighted by Crippen LogP contribution is -2.36. The molecule has 0 aliphatic carbocycles. The second-order valence-electron chi connectivity index (χ2n) is 4.61. The number of pyridine rings is 1. The van der Waals surface area contributed by atoms with Gasteiger partial charge in [0.15, 0.2) is 0 Å². The van der Waals surface area contributed by atoms with Gasteiger partial charge in [0.25, 0.3) is 5.56 Å². The van der Waals surface area contributed by atoms with Crippen LogP contribution in [-0.2, 0) is 11.3 Å². The molecule has 1 aliphatic rings. The molecule has 1 aromatic heterocycles. The Morgan fingerprint density at radius 3 is 2.50 bits per heavy atom. The molecular formula is C13H17BrN2O2. The van der Waals surface area contributed by atoms with Crippen molar-refractivity contribution in [3.63, 3.8) is 0 Å². The minimum atomic E-state index is -0.138. The summed E-state index contributed by atoms with van der Waals surface area (Å²) < 4.78 is 2.27. The van der Waals surface area contributed by atoms with Gasteiger partial charge in [-0.1, -0.05) is 12.8 Å². The van der Waals surface area contributed by atoms with Crippen molar-refractivity contribution in [2.75, 3.05) is 13.1 Å². The smallest absolute Gasteiger partial charge is 0.251 e. The van der Waals surface area contributed by atoms with Crippen LogP contribution in [0.15, 0.2) is 27.6 Å². The molecule has 1 amide bonds. The summed E-state index contributed by atoms with van der Waals surface area (Å²) in [5.41, 5.74) is -0.138. The zero-order chi connectivity index (χ0) is 13.0. The first-order chi connectivity index (χ1) is 8.66. The van der Waals surface area contributed by atoms with Gasteiger partial charge in [-0.3, -0.25) is 9.59 Å². The van der Waals surface area contributed by atoms with Crippen molar-refractivity contribution in [2.24, 2.45) is 0 Å². The maximum atomic E-state index is 12.1. The first-order valence-corrected chi connectivity index (χ1v) is 7.10. The average Bonchev–Trinajstić information content (AvgIpc) is 2.62. The molecule has 1 saturated heterocycles. The number of amides is 1. The van der Waals surface area contributed by atoms with Crippen molar-refractivity contribution in [3.8, 4) is 0 Å². The summed E-state index contributed by atoms with van der Waals surface area (Å²) in [5, 5.41) is 0. The number of halogens is 1. The molecule has 2 rings (SSSR count). The molecule has 18 heavy (non-hydrogen) atoms. The van der Waals surface area contributed by atoms with Gasteiger partial charge in [0, 0.05) is 29.8 Å². The zero-order valence-electron chi connectivity index (χ0n) is 10.3. The van der Waals surface area contributed by atoms with Crippen LogP contribution in [0.4, 0.5) is 0 Å². The van der Waals surface area contributed by atoms with E-state index in [1.54, 1.807) is 12.3 Å². The Bertz CT molecular complexity index is 476. The highest BCUT2D eigenvalue weighted by atomic mass is 79.9. The Hall–Kier alpha value is -1.10. The molecule has 2 heterocycles. The normalized spacial score (nSPS) is 16.4. The molecule has 0 aromatic carbocycles. The van der Waals surface area contributed by atoms with Gasteiger partial charge < -0.3 is 9.47 Å². The van der Waals surface area contributed by atoms with E-state index in [2.05, 4.69) is 15.9 Å². The fourth-order valence-corrected chi connectivity index (χ4v) is 2.57. The number of hydrogen-bond donors (Lipinski definition) is 0. The number of hydrogen-bond acceptors (Lipinski definition) is 2. The second-order valence-corrected chi connectivity index (χ2v) is 5.52. The molecule has 0 N–H and O–H groups in total. The topological polar surface area (TPSA) is 42.3 Å². The lowest BCUT2D eigenvalue weighted by Gasteiger charge is -2.20. The van der Waals surface area contributed by atoms with Gasteiger partial charge in [-0.25, -0.2) is 0 Å². The van der Waals surface area contributed by atoms with Crippen LogP contribution in [-0.4, -0.2) is 28.5 Å². The number of aromatic nitrogens is 1. The van der Waals surface area contributed by atoms with Crippen LogP contribution in [0.3, 0.4) is 0 Å². The van der Waals surface area contributed by atoms with E-state index in [1.807, 2.05) is 4.90 Å². The summed E-state index contributed by atoms with van der Waals surface area (Å²) in [7, 11) is 0. The highest BCUT2D eigenvalue weighted by Crippen LogP contribution is 2.10. The van der Waals surface area contributed by atoms with Crippen molar-refractivity contribution in [3.05, 3.63) is 33.2 Å². The number of likely N-dealkylation sites (tertiary alicyclic amines) is 1. The van der Waals surface area contributed by atoms with Gasteiger partial charge in [-0.2, -0.15) is 0 Å². The highest BCUT2D eigenvalue weighted by molar-refractivity contribution is 9.10. The third kappa shape index (κ3) is 3.45. The van der Waals surface area contributed by atoms with Crippen LogP contribution in [0, 0.1) is 0 Å². The minimum absolute atomic E-state index is 0.0390. The van der Waals surface area contributed by atoms with E-state index in [4.69, 9.17) is 0 Å². The maximum absolute atomic E-state index is 12.1. The molecule has 0 unspecified atom stereocenters. The predicted molar refractivity (Wildman–Crippen MR) is 73.5 cm³/mol. The van der Waals surface area contributed by atoms with E-state index in [0.717, 1.165) is 30.4 Å². The van der Waals surface area contributed by atoms with E-state index >= 15 is 0 Å². The molecule has 98 valence electrons. The number of nitrogens with zero attached hydrogens (tertiary/aromatic N) is 2. The number of carbonyl (C=O) groups excluding carboxylic acids is 1. The molecule has 1 aliphatic heterocycles. The van der Waals surface area contributed by atoms with Gasteiger partial charge in [0.2, 0.25) is 5.91 Å². The summed E-state index contributed by atoms with van der Waals surface area (Å²) in [6.07, 6.45) is 6.19. The first kappa shape index (κ1) is 13.3. The summed E-state index contributed by atoms with van der Waals surface area (Å²) in [5.74, 6) is 0.0390. The van der Waals surface area contributed by atoms with Gasteiger partial charge >= 0.3 is 0 Å². The lowest BCUT2D eigenvalue weighted by atomic mass is 10.2.